The van der Waals surface area contributed by atoms with E-state index in [0.29, 0.717) is 10.6 Å². The summed E-state index contributed by atoms with van der Waals surface area (Å²) in [4.78, 5) is 3.81. The largest absolute Gasteiger partial charge is 0.390 e. The summed E-state index contributed by atoms with van der Waals surface area (Å²) in [5.41, 5.74) is -0.851. The number of hydrogen-bond donors (Lipinski definition) is 2. The molecule has 6 heteroatoms. The zero-order chi connectivity index (χ0) is 13.2. The lowest BCUT2D eigenvalue weighted by Gasteiger charge is -2.31. The third-order valence-electron chi connectivity index (χ3n) is 2.90. The van der Waals surface area contributed by atoms with E-state index in [0.717, 1.165) is 0 Å². The molecule has 0 saturated carbocycles. The summed E-state index contributed by atoms with van der Waals surface area (Å²) in [6, 6.07) is 6.72. The molecule has 0 aliphatic carbocycles. The van der Waals surface area contributed by atoms with Crippen LogP contribution in [0.2, 0.25) is 5.02 Å². The fourth-order valence-electron chi connectivity index (χ4n) is 1.76. The molecule has 0 aliphatic rings. The molecule has 0 bridgehead atoms. The molecule has 2 aromatic rings. The third kappa shape index (κ3) is 2.53. The Morgan fingerprint density at radius 1 is 1.39 bits per heavy atom. The highest BCUT2D eigenvalue weighted by atomic mass is 35.5. The van der Waals surface area contributed by atoms with Crippen molar-refractivity contribution in [3.8, 4) is 0 Å². The van der Waals surface area contributed by atoms with Crippen molar-refractivity contribution in [2.75, 3.05) is 0 Å². The average Bonchev–Trinajstić information content (AvgIpc) is 2.82. The molecule has 1 heterocycles. The van der Waals surface area contributed by atoms with Crippen LogP contribution in [0, 0.1) is 0 Å². The molecule has 2 atom stereocenters. The molecule has 2 N–H and O–H groups in total. The van der Waals surface area contributed by atoms with Gasteiger partial charge in [-0.05, 0) is 24.6 Å². The van der Waals surface area contributed by atoms with Gasteiger partial charge in [-0.3, -0.25) is 0 Å². The predicted molar refractivity (Wildman–Crippen MR) is 67.1 cm³/mol. The number of aliphatic hydroxyl groups is 2. The van der Waals surface area contributed by atoms with Gasteiger partial charge in [0.25, 0.3) is 0 Å². The van der Waals surface area contributed by atoms with E-state index < -0.39 is 11.7 Å². The molecule has 0 amide bonds. The van der Waals surface area contributed by atoms with Crippen LogP contribution in [0.3, 0.4) is 0 Å². The summed E-state index contributed by atoms with van der Waals surface area (Å²) in [5.74, 6) is 0. The molecule has 96 valence electrons. The van der Waals surface area contributed by atoms with E-state index in [4.69, 9.17) is 11.6 Å². The van der Waals surface area contributed by atoms with Crippen molar-refractivity contribution < 1.29 is 10.2 Å². The lowest BCUT2D eigenvalue weighted by Crippen LogP contribution is -2.41. The Morgan fingerprint density at radius 3 is 2.56 bits per heavy atom. The first-order chi connectivity index (χ1) is 8.52. The highest BCUT2D eigenvalue weighted by Gasteiger charge is 2.35. The first kappa shape index (κ1) is 13.0. The summed E-state index contributed by atoms with van der Waals surface area (Å²) in [6.45, 7) is 1.65. The summed E-state index contributed by atoms with van der Waals surface area (Å²) < 4.78 is 1.47. The van der Waals surface area contributed by atoms with Crippen molar-refractivity contribution in [2.24, 2.45) is 0 Å². The lowest BCUT2D eigenvalue weighted by molar-refractivity contribution is -0.0852. The molecule has 0 fully saturated rings. The van der Waals surface area contributed by atoms with Crippen molar-refractivity contribution >= 4 is 11.6 Å². The van der Waals surface area contributed by atoms with Gasteiger partial charge in [0, 0.05) is 5.02 Å². The van der Waals surface area contributed by atoms with Crippen LogP contribution in [0.4, 0.5) is 0 Å². The zero-order valence-corrected chi connectivity index (χ0v) is 10.6. The van der Waals surface area contributed by atoms with Crippen molar-refractivity contribution in [3.63, 3.8) is 0 Å². The van der Waals surface area contributed by atoms with Gasteiger partial charge in [0.1, 0.15) is 18.3 Å². The van der Waals surface area contributed by atoms with E-state index in [1.807, 2.05) is 0 Å². The van der Waals surface area contributed by atoms with Crippen LogP contribution in [0.5, 0.6) is 0 Å². The smallest absolute Gasteiger partial charge is 0.137 e. The fraction of sp³-hybridized carbons (Fsp3) is 0.333. The van der Waals surface area contributed by atoms with E-state index in [2.05, 4.69) is 10.1 Å². The molecule has 0 aliphatic heterocycles. The van der Waals surface area contributed by atoms with Gasteiger partial charge in [0.05, 0.1) is 12.6 Å². The topological polar surface area (TPSA) is 71.2 Å². The first-order valence-electron chi connectivity index (χ1n) is 5.51. The quantitative estimate of drug-likeness (QED) is 0.873. The van der Waals surface area contributed by atoms with Gasteiger partial charge in [-0.15, -0.1) is 0 Å². The molecule has 1 unspecified atom stereocenters. The molecule has 5 nitrogen and oxygen atoms in total. The Bertz CT molecular complexity index is 499. The Balaban J connectivity index is 2.34. The lowest BCUT2D eigenvalue weighted by atomic mass is 9.89. The molecule has 1 aromatic heterocycles. The Hall–Kier alpha value is -1.43. The molecule has 0 spiro atoms. The minimum atomic E-state index is -1.43. The molecule has 18 heavy (non-hydrogen) atoms. The van der Waals surface area contributed by atoms with Gasteiger partial charge in [-0.2, -0.15) is 5.10 Å². The predicted octanol–water partition coefficient (Wildman–Crippen LogP) is 1.20. The number of halogens is 1. The number of aliphatic hydroxyl groups excluding tert-OH is 1. The van der Waals surface area contributed by atoms with E-state index in [1.54, 1.807) is 24.3 Å². The Morgan fingerprint density at radius 2 is 2.06 bits per heavy atom. The van der Waals surface area contributed by atoms with Crippen molar-refractivity contribution in [2.45, 2.75) is 25.2 Å². The van der Waals surface area contributed by atoms with Gasteiger partial charge < -0.3 is 10.2 Å². The first-order valence-corrected chi connectivity index (χ1v) is 5.89. The number of nitrogens with zero attached hydrogens (tertiary/aromatic N) is 3. The standard InChI is InChI=1S/C12H14ClN3O2/c1-9(17)12(18,6-16-8-14-7-15-16)10-2-4-11(13)5-3-10/h2-5,7-9,17-18H,6H2,1H3/t9-,12?/m1/s1. The van der Waals surface area contributed by atoms with Gasteiger partial charge in [0.2, 0.25) is 0 Å². The normalized spacial score (nSPS) is 16.2. The maximum Gasteiger partial charge on any atom is 0.137 e. The van der Waals surface area contributed by atoms with Gasteiger partial charge in [0.15, 0.2) is 0 Å². The summed E-state index contributed by atoms with van der Waals surface area (Å²) >= 11 is 5.81. The Labute approximate surface area is 110 Å². The minimum absolute atomic E-state index is 0.117. The van der Waals surface area contributed by atoms with E-state index in [1.165, 1.54) is 24.3 Å². The second kappa shape index (κ2) is 5.06. The van der Waals surface area contributed by atoms with Gasteiger partial charge >= 0.3 is 0 Å². The molecule has 0 saturated heterocycles. The van der Waals surface area contributed by atoms with Crippen molar-refractivity contribution in [3.05, 3.63) is 47.5 Å². The number of rotatable bonds is 4. The highest BCUT2D eigenvalue weighted by molar-refractivity contribution is 6.30. The van der Waals surface area contributed by atoms with Crippen LogP contribution in [0.25, 0.3) is 0 Å². The van der Waals surface area contributed by atoms with Crippen LogP contribution in [0.15, 0.2) is 36.9 Å². The van der Waals surface area contributed by atoms with Crippen LogP contribution < -0.4 is 0 Å². The van der Waals surface area contributed by atoms with Gasteiger partial charge in [-0.25, -0.2) is 9.67 Å². The van der Waals surface area contributed by atoms with Crippen molar-refractivity contribution in [1.29, 1.82) is 0 Å². The van der Waals surface area contributed by atoms with E-state index in [9.17, 15) is 10.2 Å². The van der Waals surface area contributed by atoms with Crippen LogP contribution in [-0.2, 0) is 12.1 Å². The fourth-order valence-corrected chi connectivity index (χ4v) is 1.89. The number of benzene rings is 1. The van der Waals surface area contributed by atoms with Crippen LogP contribution in [-0.4, -0.2) is 31.1 Å². The second-order valence-electron chi connectivity index (χ2n) is 4.20. The Kier molecular flexibility index (Phi) is 3.65. The maximum absolute atomic E-state index is 10.6. The SMILES string of the molecule is C[C@@H](O)C(O)(Cn1cncn1)c1ccc(Cl)cc1. The van der Waals surface area contributed by atoms with Gasteiger partial charge in [-0.1, -0.05) is 23.7 Å². The maximum atomic E-state index is 10.6. The van der Waals surface area contributed by atoms with Crippen LogP contribution in [0.1, 0.15) is 12.5 Å². The molecule has 1 aromatic carbocycles. The summed E-state index contributed by atoms with van der Waals surface area (Å²) in [7, 11) is 0. The third-order valence-corrected chi connectivity index (χ3v) is 3.16. The minimum Gasteiger partial charge on any atom is -0.390 e. The van der Waals surface area contributed by atoms with Crippen molar-refractivity contribution in [1.82, 2.24) is 14.8 Å². The molecule has 0 radical (unpaired) electrons. The molecular formula is C12H14ClN3O2. The molecule has 2 rings (SSSR count). The summed E-state index contributed by atoms with van der Waals surface area (Å²) in [5, 5.41) is 25.0. The molecular weight excluding hydrogens is 254 g/mol. The number of aromatic nitrogens is 3. The average molecular weight is 268 g/mol. The summed E-state index contributed by atoms with van der Waals surface area (Å²) in [6.07, 6.45) is 1.91. The number of hydrogen-bond acceptors (Lipinski definition) is 4. The van der Waals surface area contributed by atoms with E-state index >= 15 is 0 Å². The highest BCUT2D eigenvalue weighted by Crippen LogP contribution is 2.28. The van der Waals surface area contributed by atoms with E-state index in [-0.39, 0.29) is 6.54 Å². The van der Waals surface area contributed by atoms with Crippen LogP contribution >= 0.6 is 11.6 Å². The monoisotopic (exact) mass is 267 g/mol. The zero-order valence-electron chi connectivity index (χ0n) is 9.86. The second-order valence-corrected chi connectivity index (χ2v) is 4.64.